The van der Waals surface area contributed by atoms with E-state index in [1.165, 1.54) is 12.8 Å². The van der Waals surface area contributed by atoms with Crippen molar-refractivity contribution < 1.29 is 9.90 Å². The van der Waals surface area contributed by atoms with Gasteiger partial charge >= 0.3 is 6.09 Å². The number of carbonyl (C=O) groups is 1. The van der Waals surface area contributed by atoms with Gasteiger partial charge in [-0.25, -0.2) is 4.79 Å². The Bertz CT molecular complexity index is 192. The molecule has 1 saturated heterocycles. The maximum atomic E-state index is 10.3. The van der Waals surface area contributed by atoms with Gasteiger partial charge in [-0.2, -0.15) is 0 Å². The van der Waals surface area contributed by atoms with Gasteiger partial charge in [0.2, 0.25) is 0 Å². The predicted octanol–water partition coefficient (Wildman–Crippen LogP) is 0.500. The lowest BCUT2D eigenvalue weighted by Gasteiger charge is -2.30. The quantitative estimate of drug-likeness (QED) is 0.585. The summed E-state index contributed by atoms with van der Waals surface area (Å²) < 4.78 is 0. The molecule has 2 rings (SSSR count). The van der Waals surface area contributed by atoms with Crippen molar-refractivity contribution in [3.8, 4) is 0 Å². The Kier molecular flexibility index (Phi) is 2.40. The number of carboxylic acid groups (broad SMARTS) is 1. The third-order valence-corrected chi connectivity index (χ3v) is 3.42. The van der Waals surface area contributed by atoms with Crippen molar-refractivity contribution in [1.29, 1.82) is 0 Å². The Morgan fingerprint density at radius 1 is 1.38 bits per heavy atom. The molecule has 2 fully saturated rings. The van der Waals surface area contributed by atoms with E-state index in [4.69, 9.17) is 5.11 Å². The third kappa shape index (κ3) is 1.77. The molecule has 0 aromatic carbocycles. The Hall–Kier alpha value is -0.770. The second-order valence-corrected chi connectivity index (χ2v) is 4.11. The highest BCUT2D eigenvalue weighted by atomic mass is 16.4. The Morgan fingerprint density at radius 2 is 2.00 bits per heavy atom. The number of rotatable bonds is 2. The van der Waals surface area contributed by atoms with Crippen LogP contribution in [0.1, 0.15) is 12.8 Å². The van der Waals surface area contributed by atoms with Crippen molar-refractivity contribution >= 4 is 6.09 Å². The van der Waals surface area contributed by atoms with Crippen molar-refractivity contribution in [2.24, 2.45) is 17.8 Å². The number of amides is 1. The van der Waals surface area contributed by atoms with E-state index in [9.17, 15) is 4.79 Å². The maximum Gasteiger partial charge on any atom is 0.404 e. The van der Waals surface area contributed by atoms with Gasteiger partial charge in [0.25, 0.3) is 0 Å². The van der Waals surface area contributed by atoms with Crippen LogP contribution in [0.15, 0.2) is 0 Å². The molecule has 2 bridgehead atoms. The molecule has 2 unspecified atom stereocenters. The van der Waals surface area contributed by atoms with Crippen molar-refractivity contribution in [3.63, 3.8) is 0 Å². The van der Waals surface area contributed by atoms with E-state index in [1.54, 1.807) is 0 Å². The SMILES string of the molecule is O=C(O)NCC1C2CCC1CNC2. The molecule has 3 N–H and O–H groups in total. The normalized spacial score (nSPS) is 37.4. The predicted molar refractivity (Wildman–Crippen MR) is 48.6 cm³/mol. The van der Waals surface area contributed by atoms with E-state index < -0.39 is 6.09 Å². The molecule has 1 amide bonds. The molecule has 2 atom stereocenters. The summed E-state index contributed by atoms with van der Waals surface area (Å²) >= 11 is 0. The zero-order valence-corrected chi connectivity index (χ0v) is 7.62. The van der Waals surface area contributed by atoms with E-state index in [0.717, 1.165) is 13.1 Å². The van der Waals surface area contributed by atoms with Crippen molar-refractivity contribution in [3.05, 3.63) is 0 Å². The van der Waals surface area contributed by atoms with Crippen LogP contribution in [0.5, 0.6) is 0 Å². The molecular weight excluding hydrogens is 168 g/mol. The first-order chi connectivity index (χ1) is 6.27. The lowest BCUT2D eigenvalue weighted by molar-refractivity contribution is 0.182. The summed E-state index contributed by atoms with van der Waals surface area (Å²) in [6, 6.07) is 0. The summed E-state index contributed by atoms with van der Waals surface area (Å²) in [5.41, 5.74) is 0. The molecule has 0 aromatic heterocycles. The Morgan fingerprint density at radius 3 is 2.54 bits per heavy atom. The van der Waals surface area contributed by atoms with Crippen LogP contribution in [0, 0.1) is 17.8 Å². The first-order valence-electron chi connectivity index (χ1n) is 4.95. The molecule has 2 aliphatic rings. The number of piperidine rings is 1. The molecule has 1 heterocycles. The van der Waals surface area contributed by atoms with E-state index in [1.807, 2.05) is 0 Å². The minimum Gasteiger partial charge on any atom is -0.465 e. The zero-order chi connectivity index (χ0) is 9.26. The topological polar surface area (TPSA) is 61.4 Å². The smallest absolute Gasteiger partial charge is 0.404 e. The molecule has 1 aliphatic heterocycles. The fourth-order valence-corrected chi connectivity index (χ4v) is 2.74. The van der Waals surface area contributed by atoms with Gasteiger partial charge in [0, 0.05) is 6.54 Å². The van der Waals surface area contributed by atoms with Crippen LogP contribution in [0.3, 0.4) is 0 Å². The Balaban J connectivity index is 1.88. The lowest BCUT2D eigenvalue weighted by Crippen LogP contribution is -2.43. The van der Waals surface area contributed by atoms with Crippen molar-refractivity contribution in [2.45, 2.75) is 12.8 Å². The number of hydrogen-bond donors (Lipinski definition) is 3. The minimum absolute atomic E-state index is 0.581. The zero-order valence-electron chi connectivity index (χ0n) is 7.62. The van der Waals surface area contributed by atoms with Gasteiger partial charge in [0.15, 0.2) is 0 Å². The molecule has 0 spiro atoms. The standard InChI is InChI=1S/C9H16N2O2/c12-9(13)11-5-8-6-1-2-7(8)4-10-3-6/h6-8,10-11H,1-5H2,(H,12,13). The number of hydrogen-bond acceptors (Lipinski definition) is 2. The van der Waals surface area contributed by atoms with Crippen molar-refractivity contribution in [2.75, 3.05) is 19.6 Å². The second kappa shape index (κ2) is 3.54. The molecule has 13 heavy (non-hydrogen) atoms. The highest BCUT2D eigenvalue weighted by Gasteiger charge is 2.38. The largest absolute Gasteiger partial charge is 0.465 e. The van der Waals surface area contributed by atoms with Gasteiger partial charge < -0.3 is 15.7 Å². The van der Waals surface area contributed by atoms with Crippen LogP contribution in [-0.4, -0.2) is 30.8 Å². The van der Waals surface area contributed by atoms with E-state index in [2.05, 4.69) is 10.6 Å². The van der Waals surface area contributed by atoms with Crippen molar-refractivity contribution in [1.82, 2.24) is 10.6 Å². The highest BCUT2D eigenvalue weighted by molar-refractivity contribution is 5.64. The van der Waals surface area contributed by atoms with Crippen LogP contribution in [-0.2, 0) is 0 Å². The van der Waals surface area contributed by atoms with Gasteiger partial charge in [-0.1, -0.05) is 0 Å². The van der Waals surface area contributed by atoms with E-state index in [0.29, 0.717) is 24.3 Å². The second-order valence-electron chi connectivity index (χ2n) is 4.11. The highest BCUT2D eigenvalue weighted by Crippen LogP contribution is 2.38. The fraction of sp³-hybridized carbons (Fsp3) is 0.889. The molecule has 0 radical (unpaired) electrons. The summed E-state index contributed by atoms with van der Waals surface area (Å²) in [5.74, 6) is 1.98. The molecule has 1 saturated carbocycles. The summed E-state index contributed by atoms with van der Waals surface area (Å²) in [4.78, 5) is 10.3. The monoisotopic (exact) mass is 184 g/mol. The third-order valence-electron chi connectivity index (χ3n) is 3.42. The van der Waals surface area contributed by atoms with Crippen LogP contribution >= 0.6 is 0 Å². The van der Waals surface area contributed by atoms with Gasteiger partial charge in [-0.15, -0.1) is 0 Å². The summed E-state index contributed by atoms with van der Waals surface area (Å²) in [6.07, 6.45) is 1.64. The fourth-order valence-electron chi connectivity index (χ4n) is 2.74. The first-order valence-corrected chi connectivity index (χ1v) is 4.95. The lowest BCUT2D eigenvalue weighted by atomic mass is 9.86. The number of fused-ring (bicyclic) bond motifs is 2. The molecule has 0 aromatic rings. The summed E-state index contributed by atoms with van der Waals surface area (Å²) in [6.45, 7) is 2.79. The van der Waals surface area contributed by atoms with Gasteiger partial charge in [0.1, 0.15) is 0 Å². The average molecular weight is 184 g/mol. The average Bonchev–Trinajstić information content (AvgIpc) is 2.34. The molecule has 4 heteroatoms. The number of nitrogens with one attached hydrogen (secondary N) is 2. The molecule has 1 aliphatic carbocycles. The van der Waals surface area contributed by atoms with Gasteiger partial charge in [0.05, 0.1) is 0 Å². The first kappa shape index (κ1) is 8.81. The minimum atomic E-state index is -0.891. The van der Waals surface area contributed by atoms with E-state index in [-0.39, 0.29) is 0 Å². The van der Waals surface area contributed by atoms with Crippen LogP contribution in [0.4, 0.5) is 4.79 Å². The summed E-state index contributed by atoms with van der Waals surface area (Å²) in [7, 11) is 0. The van der Waals surface area contributed by atoms with Gasteiger partial charge in [-0.05, 0) is 43.7 Å². The van der Waals surface area contributed by atoms with Gasteiger partial charge in [-0.3, -0.25) is 0 Å². The van der Waals surface area contributed by atoms with Crippen LogP contribution in [0.2, 0.25) is 0 Å². The Labute approximate surface area is 77.7 Å². The summed E-state index contributed by atoms with van der Waals surface area (Å²) in [5, 5.41) is 14.4. The molecular formula is C9H16N2O2. The van der Waals surface area contributed by atoms with Crippen LogP contribution < -0.4 is 10.6 Å². The molecule has 74 valence electrons. The van der Waals surface area contributed by atoms with E-state index >= 15 is 0 Å². The van der Waals surface area contributed by atoms with Crippen LogP contribution in [0.25, 0.3) is 0 Å². The maximum absolute atomic E-state index is 10.3. The molecule has 4 nitrogen and oxygen atoms in total.